The number of phenolic OH excluding ortho intramolecular Hbond substituents is 2. The van der Waals surface area contributed by atoms with Crippen LogP contribution in [0.3, 0.4) is 0 Å². The van der Waals surface area contributed by atoms with Gasteiger partial charge in [0.1, 0.15) is 6.61 Å². The van der Waals surface area contributed by atoms with Crippen molar-refractivity contribution in [1.82, 2.24) is 0 Å². The number of ether oxygens (including phenoxy) is 2. The summed E-state index contributed by atoms with van der Waals surface area (Å²) in [5.74, 6) is -2.03. The summed E-state index contributed by atoms with van der Waals surface area (Å²) in [4.78, 5) is 38.6. The number of esters is 1. The number of anilines is 2. The molecule has 2 aromatic carbocycles. The number of amides is 2. The molecule has 2 aromatic rings. The Kier molecular flexibility index (Phi) is 9.85. The fourth-order valence-electron chi connectivity index (χ4n) is 2.83. The van der Waals surface area contributed by atoms with Gasteiger partial charge in [0.25, 0.3) is 5.91 Å². The molecule has 0 radical (unpaired) electrons. The van der Waals surface area contributed by atoms with Crippen LogP contribution in [-0.4, -0.2) is 54.9 Å². The molecule has 0 aliphatic rings. The van der Waals surface area contributed by atoms with Gasteiger partial charge in [-0.15, -0.1) is 6.58 Å². The van der Waals surface area contributed by atoms with Crippen LogP contribution >= 0.6 is 0 Å². The SMILES string of the molecule is C=CCCOCC(=O)N(C)c1cc(NC(=O)/C=C/c2ccc(O)c(O)c2)ccc1C(=O)OCC. The molecular formula is C25H28N2O7. The Balaban J connectivity index is 2.21. The maximum atomic E-state index is 12.6. The van der Waals surface area contributed by atoms with Crippen LogP contribution in [0.25, 0.3) is 6.08 Å². The number of rotatable bonds is 11. The van der Waals surface area contributed by atoms with Crippen LogP contribution in [0.5, 0.6) is 11.5 Å². The highest BCUT2D eigenvalue weighted by atomic mass is 16.5. The van der Waals surface area contributed by atoms with E-state index in [9.17, 15) is 24.6 Å². The summed E-state index contributed by atoms with van der Waals surface area (Å²) < 4.78 is 10.4. The van der Waals surface area contributed by atoms with Gasteiger partial charge in [0.15, 0.2) is 11.5 Å². The first-order valence-corrected chi connectivity index (χ1v) is 10.5. The largest absolute Gasteiger partial charge is 0.504 e. The third kappa shape index (κ3) is 7.49. The van der Waals surface area contributed by atoms with Crippen molar-refractivity contribution in [3.63, 3.8) is 0 Å². The highest BCUT2D eigenvalue weighted by Gasteiger charge is 2.20. The molecule has 3 N–H and O–H groups in total. The Labute approximate surface area is 197 Å². The van der Waals surface area contributed by atoms with Gasteiger partial charge in [0, 0.05) is 18.8 Å². The van der Waals surface area contributed by atoms with Crippen LogP contribution in [0.4, 0.5) is 11.4 Å². The second-order valence-corrected chi connectivity index (χ2v) is 7.11. The zero-order valence-corrected chi connectivity index (χ0v) is 19.1. The molecule has 0 saturated carbocycles. The van der Waals surface area contributed by atoms with Crippen LogP contribution in [0.2, 0.25) is 0 Å². The van der Waals surface area contributed by atoms with Crippen molar-refractivity contribution >= 4 is 35.2 Å². The maximum absolute atomic E-state index is 12.6. The zero-order chi connectivity index (χ0) is 25.1. The zero-order valence-electron chi connectivity index (χ0n) is 19.1. The smallest absolute Gasteiger partial charge is 0.340 e. The predicted octanol–water partition coefficient (Wildman–Crippen LogP) is 3.48. The average molecular weight is 469 g/mol. The van der Waals surface area contributed by atoms with Gasteiger partial charge in [-0.2, -0.15) is 0 Å². The lowest BCUT2D eigenvalue weighted by Gasteiger charge is -2.21. The van der Waals surface area contributed by atoms with Crippen molar-refractivity contribution in [2.24, 2.45) is 0 Å². The second kappa shape index (κ2) is 12.8. The fraction of sp³-hybridized carbons (Fsp3) is 0.240. The minimum atomic E-state index is -0.602. The van der Waals surface area contributed by atoms with Crippen molar-refractivity contribution in [3.8, 4) is 11.5 Å². The first kappa shape index (κ1) is 26.1. The molecule has 34 heavy (non-hydrogen) atoms. The van der Waals surface area contributed by atoms with Gasteiger partial charge in [-0.1, -0.05) is 12.1 Å². The standard InChI is InChI=1S/C25H28N2O7/c1-4-6-13-33-16-24(31)27(3)20-15-18(9-10-19(20)25(32)34-5-2)26-23(30)12-8-17-7-11-21(28)22(29)14-17/h4,7-12,14-15,28-29H,1,5-6,13,16H2,2-3H3,(H,26,30)/b12-8+. The van der Waals surface area contributed by atoms with E-state index in [1.54, 1.807) is 13.0 Å². The summed E-state index contributed by atoms with van der Waals surface area (Å²) in [7, 11) is 1.50. The number of phenols is 2. The molecule has 9 nitrogen and oxygen atoms in total. The Bertz CT molecular complexity index is 1080. The Morgan fingerprint density at radius 3 is 2.56 bits per heavy atom. The summed E-state index contributed by atoms with van der Waals surface area (Å²) in [6.45, 7) is 5.58. The lowest BCUT2D eigenvalue weighted by molar-refractivity contribution is -0.122. The van der Waals surface area contributed by atoms with E-state index in [0.29, 0.717) is 24.3 Å². The highest BCUT2D eigenvalue weighted by Crippen LogP contribution is 2.27. The van der Waals surface area contributed by atoms with E-state index in [0.717, 1.165) is 0 Å². The fourth-order valence-corrected chi connectivity index (χ4v) is 2.83. The van der Waals surface area contributed by atoms with E-state index >= 15 is 0 Å². The van der Waals surface area contributed by atoms with Gasteiger partial charge >= 0.3 is 5.97 Å². The van der Waals surface area contributed by atoms with Crippen LogP contribution in [0.15, 0.2) is 55.1 Å². The van der Waals surface area contributed by atoms with E-state index in [1.807, 2.05) is 0 Å². The van der Waals surface area contributed by atoms with Gasteiger partial charge in [-0.3, -0.25) is 9.59 Å². The number of carbonyl (C=O) groups excluding carboxylic acids is 3. The number of carbonyl (C=O) groups is 3. The minimum Gasteiger partial charge on any atom is -0.504 e. The minimum absolute atomic E-state index is 0.163. The van der Waals surface area contributed by atoms with Gasteiger partial charge in [-0.25, -0.2) is 4.79 Å². The molecule has 9 heteroatoms. The van der Waals surface area contributed by atoms with Crippen LogP contribution in [0, 0.1) is 0 Å². The van der Waals surface area contributed by atoms with Gasteiger partial charge < -0.3 is 29.9 Å². The number of nitrogens with zero attached hydrogens (tertiary/aromatic N) is 1. The predicted molar refractivity (Wildman–Crippen MR) is 129 cm³/mol. The number of aromatic hydroxyl groups is 2. The summed E-state index contributed by atoms with van der Waals surface area (Å²) in [5.41, 5.74) is 1.27. The molecule has 0 aromatic heterocycles. The highest BCUT2D eigenvalue weighted by molar-refractivity contribution is 6.06. The lowest BCUT2D eigenvalue weighted by Crippen LogP contribution is -2.32. The summed E-state index contributed by atoms with van der Waals surface area (Å²) in [5, 5.41) is 21.6. The molecule has 180 valence electrons. The molecule has 0 atom stereocenters. The number of likely N-dealkylation sites (N-methyl/N-ethyl adjacent to an activating group) is 1. The maximum Gasteiger partial charge on any atom is 0.340 e. The van der Waals surface area contributed by atoms with Crippen LogP contribution in [0.1, 0.15) is 29.3 Å². The van der Waals surface area contributed by atoms with E-state index in [-0.39, 0.29) is 41.9 Å². The third-order valence-electron chi connectivity index (χ3n) is 4.61. The van der Waals surface area contributed by atoms with Crippen molar-refractivity contribution < 1.29 is 34.1 Å². The number of hydrogen-bond donors (Lipinski definition) is 3. The quantitative estimate of drug-likeness (QED) is 0.152. The molecular weight excluding hydrogens is 440 g/mol. The first-order valence-electron chi connectivity index (χ1n) is 10.5. The van der Waals surface area contributed by atoms with Gasteiger partial charge in [0.05, 0.1) is 24.5 Å². The molecule has 0 spiro atoms. The van der Waals surface area contributed by atoms with Gasteiger partial charge in [0.2, 0.25) is 5.91 Å². The van der Waals surface area contributed by atoms with Crippen molar-refractivity contribution in [2.45, 2.75) is 13.3 Å². The molecule has 0 unspecified atom stereocenters. The molecule has 0 bridgehead atoms. The average Bonchev–Trinajstić information content (AvgIpc) is 2.82. The summed E-state index contributed by atoms with van der Waals surface area (Å²) in [6.07, 6.45) is 4.98. The molecule has 0 heterocycles. The van der Waals surface area contributed by atoms with E-state index in [4.69, 9.17) is 9.47 Å². The number of nitrogens with one attached hydrogen (secondary N) is 1. The number of benzene rings is 2. The third-order valence-corrected chi connectivity index (χ3v) is 4.61. The molecule has 0 saturated heterocycles. The van der Waals surface area contributed by atoms with Crippen molar-refractivity contribution in [3.05, 3.63) is 66.3 Å². The Morgan fingerprint density at radius 1 is 1.12 bits per heavy atom. The van der Waals surface area contributed by atoms with E-state index in [2.05, 4.69) is 11.9 Å². The van der Waals surface area contributed by atoms with E-state index < -0.39 is 11.9 Å². The molecule has 2 amide bonds. The molecule has 0 fully saturated rings. The van der Waals surface area contributed by atoms with Crippen molar-refractivity contribution in [2.75, 3.05) is 37.1 Å². The Morgan fingerprint density at radius 2 is 1.88 bits per heavy atom. The monoisotopic (exact) mass is 468 g/mol. The molecule has 0 aliphatic heterocycles. The molecule has 2 rings (SSSR count). The first-order chi connectivity index (χ1) is 16.3. The second-order valence-electron chi connectivity index (χ2n) is 7.11. The Hall–Kier alpha value is -4.11. The van der Waals surface area contributed by atoms with Crippen molar-refractivity contribution in [1.29, 1.82) is 0 Å². The molecule has 0 aliphatic carbocycles. The normalized spacial score (nSPS) is 10.6. The summed E-state index contributed by atoms with van der Waals surface area (Å²) in [6, 6.07) is 8.62. The summed E-state index contributed by atoms with van der Waals surface area (Å²) >= 11 is 0. The number of hydrogen-bond acceptors (Lipinski definition) is 7. The van der Waals surface area contributed by atoms with Crippen LogP contribution < -0.4 is 10.2 Å². The van der Waals surface area contributed by atoms with E-state index in [1.165, 1.54) is 60.5 Å². The topological polar surface area (TPSA) is 125 Å². The van der Waals surface area contributed by atoms with Gasteiger partial charge in [-0.05, 0) is 55.3 Å². The lowest BCUT2D eigenvalue weighted by atomic mass is 10.1. The van der Waals surface area contributed by atoms with Crippen LogP contribution in [-0.2, 0) is 19.1 Å².